The standard InChI is InChI=1S/C12H20O/c1-9-8-10(11(2,3)4)6-7-12(9,5)13/h6-9,13H,1-5H3. The van der Waals surface area contributed by atoms with Crippen LogP contribution in [0.1, 0.15) is 34.6 Å². The second kappa shape index (κ2) is 2.98. The quantitative estimate of drug-likeness (QED) is 0.607. The van der Waals surface area contributed by atoms with Crippen LogP contribution in [-0.4, -0.2) is 10.7 Å². The Balaban J connectivity index is 2.93. The summed E-state index contributed by atoms with van der Waals surface area (Å²) < 4.78 is 0. The van der Waals surface area contributed by atoms with Crippen LogP contribution in [0, 0.1) is 11.3 Å². The summed E-state index contributed by atoms with van der Waals surface area (Å²) in [6.07, 6.45) is 6.11. The predicted octanol–water partition coefficient (Wildman–Crippen LogP) is 2.92. The van der Waals surface area contributed by atoms with Crippen LogP contribution in [0.15, 0.2) is 23.8 Å². The normalized spacial score (nSPS) is 34.6. The molecule has 13 heavy (non-hydrogen) atoms. The maximum Gasteiger partial charge on any atom is 0.0862 e. The van der Waals surface area contributed by atoms with Gasteiger partial charge in [0.25, 0.3) is 0 Å². The lowest BCUT2D eigenvalue weighted by Gasteiger charge is -2.32. The van der Waals surface area contributed by atoms with Crippen molar-refractivity contribution in [2.24, 2.45) is 11.3 Å². The van der Waals surface area contributed by atoms with Gasteiger partial charge in [0, 0.05) is 5.92 Å². The van der Waals surface area contributed by atoms with Gasteiger partial charge in [0.15, 0.2) is 0 Å². The Hall–Kier alpha value is -0.560. The molecule has 0 saturated carbocycles. The van der Waals surface area contributed by atoms with E-state index in [0.29, 0.717) is 0 Å². The van der Waals surface area contributed by atoms with Gasteiger partial charge in [0.05, 0.1) is 5.60 Å². The van der Waals surface area contributed by atoms with E-state index in [-0.39, 0.29) is 11.3 Å². The van der Waals surface area contributed by atoms with E-state index in [2.05, 4.69) is 33.8 Å². The monoisotopic (exact) mass is 180 g/mol. The van der Waals surface area contributed by atoms with Gasteiger partial charge in [0.1, 0.15) is 0 Å². The fourth-order valence-electron chi connectivity index (χ4n) is 1.40. The molecule has 2 atom stereocenters. The smallest absolute Gasteiger partial charge is 0.0862 e. The lowest BCUT2D eigenvalue weighted by molar-refractivity contribution is 0.0716. The largest absolute Gasteiger partial charge is 0.385 e. The van der Waals surface area contributed by atoms with Crippen molar-refractivity contribution in [3.05, 3.63) is 23.8 Å². The zero-order valence-electron chi connectivity index (χ0n) is 9.26. The molecule has 1 nitrogen and oxygen atoms in total. The molecule has 0 amide bonds. The Kier molecular flexibility index (Phi) is 2.42. The Morgan fingerprint density at radius 3 is 2.31 bits per heavy atom. The third-order valence-electron chi connectivity index (χ3n) is 2.82. The summed E-state index contributed by atoms with van der Waals surface area (Å²) in [7, 11) is 0. The Bertz CT molecular complexity index is 251. The van der Waals surface area contributed by atoms with Crippen molar-refractivity contribution in [2.45, 2.75) is 40.2 Å². The maximum atomic E-state index is 9.90. The molecule has 0 aromatic carbocycles. The van der Waals surface area contributed by atoms with Crippen LogP contribution in [0.2, 0.25) is 0 Å². The molecule has 1 N–H and O–H groups in total. The van der Waals surface area contributed by atoms with Gasteiger partial charge in [-0.3, -0.25) is 0 Å². The molecular formula is C12H20O. The third kappa shape index (κ3) is 2.22. The van der Waals surface area contributed by atoms with Gasteiger partial charge in [-0.15, -0.1) is 0 Å². The number of hydrogen-bond donors (Lipinski definition) is 1. The number of allylic oxidation sites excluding steroid dienone is 2. The molecule has 0 bridgehead atoms. The van der Waals surface area contributed by atoms with Gasteiger partial charge < -0.3 is 5.11 Å². The molecule has 1 rings (SSSR count). The van der Waals surface area contributed by atoms with Gasteiger partial charge >= 0.3 is 0 Å². The Morgan fingerprint density at radius 1 is 1.38 bits per heavy atom. The molecule has 0 aliphatic heterocycles. The van der Waals surface area contributed by atoms with Gasteiger partial charge in [-0.1, -0.05) is 45.9 Å². The van der Waals surface area contributed by atoms with Crippen molar-refractivity contribution in [1.82, 2.24) is 0 Å². The first-order valence-electron chi connectivity index (χ1n) is 4.87. The van der Waals surface area contributed by atoms with E-state index in [9.17, 15) is 5.11 Å². The van der Waals surface area contributed by atoms with Crippen LogP contribution in [0.5, 0.6) is 0 Å². The molecule has 74 valence electrons. The first kappa shape index (κ1) is 10.5. The molecule has 0 heterocycles. The predicted molar refractivity (Wildman–Crippen MR) is 56.5 cm³/mol. The SMILES string of the molecule is CC1C=C(C(C)(C)C)C=CC1(C)O. The molecule has 1 heteroatoms. The van der Waals surface area contributed by atoms with E-state index in [0.717, 1.165) is 0 Å². The van der Waals surface area contributed by atoms with Crippen LogP contribution < -0.4 is 0 Å². The summed E-state index contributed by atoms with van der Waals surface area (Å²) in [5.74, 6) is 0.201. The van der Waals surface area contributed by atoms with E-state index in [1.165, 1.54) is 5.57 Å². The van der Waals surface area contributed by atoms with Crippen molar-refractivity contribution < 1.29 is 5.11 Å². The lowest BCUT2D eigenvalue weighted by atomic mass is 9.76. The van der Waals surface area contributed by atoms with Crippen LogP contribution in [0.25, 0.3) is 0 Å². The fourth-order valence-corrected chi connectivity index (χ4v) is 1.40. The number of hydrogen-bond acceptors (Lipinski definition) is 1. The highest BCUT2D eigenvalue weighted by molar-refractivity contribution is 5.32. The molecular weight excluding hydrogens is 160 g/mol. The van der Waals surface area contributed by atoms with Crippen molar-refractivity contribution >= 4 is 0 Å². The van der Waals surface area contributed by atoms with Crippen molar-refractivity contribution in [3.63, 3.8) is 0 Å². The molecule has 1 aliphatic rings. The highest BCUT2D eigenvalue weighted by atomic mass is 16.3. The summed E-state index contributed by atoms with van der Waals surface area (Å²) in [5, 5.41) is 9.90. The van der Waals surface area contributed by atoms with Crippen LogP contribution in [-0.2, 0) is 0 Å². The Morgan fingerprint density at radius 2 is 1.92 bits per heavy atom. The summed E-state index contributed by atoms with van der Waals surface area (Å²) in [4.78, 5) is 0. The topological polar surface area (TPSA) is 20.2 Å². The first-order chi connectivity index (χ1) is 5.73. The van der Waals surface area contributed by atoms with E-state index >= 15 is 0 Å². The van der Waals surface area contributed by atoms with Gasteiger partial charge in [-0.05, 0) is 17.9 Å². The first-order valence-corrected chi connectivity index (χ1v) is 4.87. The van der Waals surface area contributed by atoms with E-state index < -0.39 is 5.60 Å². The zero-order chi connectivity index (χ0) is 10.3. The zero-order valence-corrected chi connectivity index (χ0v) is 9.26. The minimum Gasteiger partial charge on any atom is -0.385 e. The van der Waals surface area contributed by atoms with E-state index in [4.69, 9.17) is 0 Å². The minimum absolute atomic E-state index is 0.182. The number of aliphatic hydroxyl groups is 1. The summed E-state index contributed by atoms with van der Waals surface area (Å²) in [5.41, 5.74) is 0.822. The summed E-state index contributed by atoms with van der Waals surface area (Å²) in [6, 6.07) is 0. The lowest BCUT2D eigenvalue weighted by Crippen LogP contribution is -2.32. The molecule has 1 aliphatic carbocycles. The van der Waals surface area contributed by atoms with E-state index in [1.54, 1.807) is 0 Å². The molecule has 0 radical (unpaired) electrons. The molecule has 0 saturated heterocycles. The highest BCUT2D eigenvalue weighted by Crippen LogP contribution is 2.34. The summed E-state index contributed by atoms with van der Waals surface area (Å²) >= 11 is 0. The molecule has 0 aromatic rings. The molecule has 0 spiro atoms. The van der Waals surface area contributed by atoms with Gasteiger partial charge in [-0.25, -0.2) is 0 Å². The van der Waals surface area contributed by atoms with Gasteiger partial charge in [0.2, 0.25) is 0 Å². The fraction of sp³-hybridized carbons (Fsp3) is 0.667. The Labute approximate surface area is 81.2 Å². The molecule has 2 unspecified atom stereocenters. The van der Waals surface area contributed by atoms with Crippen LogP contribution in [0.4, 0.5) is 0 Å². The third-order valence-corrected chi connectivity index (χ3v) is 2.82. The summed E-state index contributed by atoms with van der Waals surface area (Å²) in [6.45, 7) is 10.5. The highest BCUT2D eigenvalue weighted by Gasteiger charge is 2.29. The van der Waals surface area contributed by atoms with Crippen LogP contribution >= 0.6 is 0 Å². The number of rotatable bonds is 0. The van der Waals surface area contributed by atoms with Crippen molar-refractivity contribution in [1.29, 1.82) is 0 Å². The van der Waals surface area contributed by atoms with E-state index in [1.807, 2.05) is 19.1 Å². The average Bonchev–Trinajstić information content (AvgIpc) is 1.92. The average molecular weight is 180 g/mol. The second-order valence-electron chi connectivity index (χ2n) is 5.22. The van der Waals surface area contributed by atoms with Crippen molar-refractivity contribution in [2.75, 3.05) is 0 Å². The minimum atomic E-state index is -0.672. The van der Waals surface area contributed by atoms with Gasteiger partial charge in [-0.2, -0.15) is 0 Å². The van der Waals surface area contributed by atoms with Crippen molar-refractivity contribution in [3.8, 4) is 0 Å². The maximum absolute atomic E-state index is 9.90. The van der Waals surface area contributed by atoms with Crippen LogP contribution in [0.3, 0.4) is 0 Å². The molecule has 0 aromatic heterocycles. The second-order valence-corrected chi connectivity index (χ2v) is 5.22. The molecule has 0 fully saturated rings.